The second kappa shape index (κ2) is 7.14. The number of nitrogens with one attached hydrogen (secondary N) is 1. The van der Waals surface area contributed by atoms with Crippen molar-refractivity contribution < 1.29 is 4.74 Å². The predicted molar refractivity (Wildman–Crippen MR) is 118 cm³/mol. The fraction of sp³-hybridized carbons (Fsp3) is 0.538. The van der Waals surface area contributed by atoms with Gasteiger partial charge in [0.15, 0.2) is 0 Å². The lowest BCUT2D eigenvalue weighted by Gasteiger charge is -2.28. The monoisotopic (exact) mass is 388 g/mol. The van der Waals surface area contributed by atoms with Crippen LogP contribution in [0.15, 0.2) is 48.1 Å². The zero-order chi connectivity index (χ0) is 19.3. The van der Waals surface area contributed by atoms with Crippen molar-refractivity contribution >= 4 is 6.08 Å². The SMILES string of the molecule is C1=Cc2c(cccc2OCC2C3CNCC32C2=CCC(N3CCCC3)C=C2)CC1. The van der Waals surface area contributed by atoms with Crippen LogP contribution in [-0.2, 0) is 6.42 Å². The molecule has 0 spiro atoms. The lowest BCUT2D eigenvalue weighted by Crippen LogP contribution is -2.32. The first kappa shape index (κ1) is 18.0. The average molecular weight is 389 g/mol. The molecule has 2 saturated heterocycles. The first-order valence-corrected chi connectivity index (χ1v) is 11.6. The maximum atomic E-state index is 6.44. The van der Waals surface area contributed by atoms with E-state index in [4.69, 9.17) is 4.74 Å². The summed E-state index contributed by atoms with van der Waals surface area (Å²) in [5.41, 5.74) is 4.63. The Bertz CT molecular complexity index is 879. The molecule has 0 amide bonds. The highest BCUT2D eigenvalue weighted by Gasteiger charge is 2.68. The Morgan fingerprint density at radius 2 is 2.10 bits per heavy atom. The number of hydrogen-bond acceptors (Lipinski definition) is 3. The van der Waals surface area contributed by atoms with Gasteiger partial charge in [0.05, 0.1) is 6.61 Å². The summed E-state index contributed by atoms with van der Waals surface area (Å²) in [6.45, 7) is 5.65. The van der Waals surface area contributed by atoms with E-state index in [2.05, 4.69) is 58.8 Å². The molecule has 4 atom stereocenters. The number of likely N-dealkylation sites (tertiary alicyclic amines) is 1. The lowest BCUT2D eigenvalue weighted by molar-refractivity contribution is 0.267. The van der Waals surface area contributed by atoms with Crippen LogP contribution in [0.4, 0.5) is 0 Å². The maximum absolute atomic E-state index is 6.44. The van der Waals surface area contributed by atoms with Crippen molar-refractivity contribution in [3.63, 3.8) is 0 Å². The van der Waals surface area contributed by atoms with Gasteiger partial charge in [0, 0.05) is 29.5 Å². The van der Waals surface area contributed by atoms with E-state index in [-0.39, 0.29) is 0 Å². The first-order valence-electron chi connectivity index (χ1n) is 11.6. The van der Waals surface area contributed by atoms with Crippen LogP contribution in [0.2, 0.25) is 0 Å². The van der Waals surface area contributed by atoms with E-state index in [1.165, 1.54) is 43.5 Å². The van der Waals surface area contributed by atoms with Crippen LogP contribution in [0.25, 0.3) is 6.08 Å². The molecule has 2 aliphatic heterocycles. The van der Waals surface area contributed by atoms with Crippen LogP contribution in [0, 0.1) is 17.3 Å². The number of ether oxygens (including phenoxy) is 1. The van der Waals surface area contributed by atoms with Crippen LogP contribution in [0.3, 0.4) is 0 Å². The van der Waals surface area contributed by atoms with Gasteiger partial charge >= 0.3 is 0 Å². The number of nitrogens with zero attached hydrogens (tertiary/aromatic N) is 1. The average Bonchev–Trinajstić information content (AvgIpc) is 3.19. The molecule has 1 aromatic rings. The number of fused-ring (bicyclic) bond motifs is 2. The third kappa shape index (κ3) is 2.93. The van der Waals surface area contributed by atoms with Crippen molar-refractivity contribution in [3.05, 3.63) is 59.2 Å². The summed E-state index contributed by atoms with van der Waals surface area (Å²) in [5.74, 6) is 2.46. The quantitative estimate of drug-likeness (QED) is 0.818. The normalized spacial score (nSPS) is 35.3. The predicted octanol–water partition coefficient (Wildman–Crippen LogP) is 4.21. The molecule has 5 aliphatic rings. The minimum Gasteiger partial charge on any atom is -0.493 e. The molecular formula is C26H32N2O. The highest BCUT2D eigenvalue weighted by atomic mass is 16.5. The smallest absolute Gasteiger partial charge is 0.126 e. The minimum atomic E-state index is 0.317. The molecule has 1 saturated carbocycles. The molecule has 3 heteroatoms. The zero-order valence-corrected chi connectivity index (χ0v) is 17.3. The molecule has 0 aromatic heterocycles. The van der Waals surface area contributed by atoms with E-state index in [0.717, 1.165) is 44.2 Å². The van der Waals surface area contributed by atoms with E-state index in [1.807, 2.05) is 0 Å². The fourth-order valence-electron chi connectivity index (χ4n) is 6.46. The molecule has 1 N–H and O–H groups in total. The molecule has 152 valence electrons. The number of rotatable bonds is 5. The number of aryl methyl sites for hydroxylation is 1. The maximum Gasteiger partial charge on any atom is 0.126 e. The van der Waals surface area contributed by atoms with Gasteiger partial charge in [-0.3, -0.25) is 4.90 Å². The summed E-state index contributed by atoms with van der Waals surface area (Å²) >= 11 is 0. The van der Waals surface area contributed by atoms with E-state index in [9.17, 15) is 0 Å². The van der Waals surface area contributed by atoms with Gasteiger partial charge in [-0.05, 0) is 74.9 Å². The van der Waals surface area contributed by atoms with Crippen molar-refractivity contribution in [2.24, 2.45) is 17.3 Å². The van der Waals surface area contributed by atoms with Gasteiger partial charge in [0.1, 0.15) is 5.75 Å². The summed E-state index contributed by atoms with van der Waals surface area (Å²) in [7, 11) is 0. The van der Waals surface area contributed by atoms with Crippen molar-refractivity contribution in [1.29, 1.82) is 0 Å². The van der Waals surface area contributed by atoms with Crippen LogP contribution in [0.5, 0.6) is 5.75 Å². The second-order valence-electron chi connectivity index (χ2n) is 9.53. The largest absolute Gasteiger partial charge is 0.493 e. The third-order valence-corrected chi connectivity index (χ3v) is 8.15. The highest BCUT2D eigenvalue weighted by Crippen LogP contribution is 2.65. The summed E-state index contributed by atoms with van der Waals surface area (Å²) in [6.07, 6.45) is 18.2. The molecule has 3 aliphatic carbocycles. The van der Waals surface area contributed by atoms with E-state index in [0.29, 0.717) is 17.4 Å². The highest BCUT2D eigenvalue weighted by molar-refractivity contribution is 5.63. The van der Waals surface area contributed by atoms with Gasteiger partial charge in [0.2, 0.25) is 0 Å². The molecule has 3 nitrogen and oxygen atoms in total. The van der Waals surface area contributed by atoms with E-state index >= 15 is 0 Å². The number of hydrogen-bond donors (Lipinski definition) is 1. The van der Waals surface area contributed by atoms with Gasteiger partial charge in [-0.15, -0.1) is 0 Å². The van der Waals surface area contributed by atoms with Gasteiger partial charge in [-0.1, -0.05) is 42.5 Å². The molecule has 1 aromatic carbocycles. The lowest BCUT2D eigenvalue weighted by atomic mass is 9.87. The second-order valence-corrected chi connectivity index (χ2v) is 9.53. The fourth-order valence-corrected chi connectivity index (χ4v) is 6.46. The van der Waals surface area contributed by atoms with Gasteiger partial charge < -0.3 is 10.1 Å². The summed E-state index contributed by atoms with van der Waals surface area (Å²) < 4.78 is 6.44. The van der Waals surface area contributed by atoms with E-state index in [1.54, 1.807) is 5.57 Å². The van der Waals surface area contributed by atoms with Crippen molar-refractivity contribution in [2.45, 2.75) is 38.1 Å². The molecule has 6 rings (SSSR count). The Balaban J connectivity index is 1.15. The summed E-state index contributed by atoms with van der Waals surface area (Å²) in [4.78, 5) is 2.66. The van der Waals surface area contributed by atoms with Crippen molar-refractivity contribution in [1.82, 2.24) is 10.2 Å². The third-order valence-electron chi connectivity index (χ3n) is 8.15. The van der Waals surface area contributed by atoms with E-state index < -0.39 is 0 Å². The van der Waals surface area contributed by atoms with Gasteiger partial charge in [-0.2, -0.15) is 0 Å². The summed E-state index contributed by atoms with van der Waals surface area (Å²) in [6, 6.07) is 7.18. The molecular weight excluding hydrogens is 356 g/mol. The van der Waals surface area contributed by atoms with Gasteiger partial charge in [0.25, 0.3) is 0 Å². The topological polar surface area (TPSA) is 24.5 Å². The van der Waals surface area contributed by atoms with Crippen LogP contribution >= 0.6 is 0 Å². The number of allylic oxidation sites excluding steroid dienone is 2. The first-order chi connectivity index (χ1) is 14.4. The Labute approximate surface area is 174 Å². The molecule has 29 heavy (non-hydrogen) atoms. The Morgan fingerprint density at radius 1 is 1.17 bits per heavy atom. The Kier molecular flexibility index (Phi) is 4.42. The standard InChI is InChI=1S/C26H32N2O/c1-2-8-22-19(6-1)7-5-9-25(22)29-17-24-23-16-27-18-26(23,24)20-10-12-21(13-11-20)28-14-3-4-15-28/h2,5,7-12,21,23-24,27H,1,3-4,6,13-18H2. The van der Waals surface area contributed by atoms with Crippen LogP contribution in [-0.4, -0.2) is 43.7 Å². The molecule has 0 radical (unpaired) electrons. The van der Waals surface area contributed by atoms with Gasteiger partial charge in [-0.25, -0.2) is 0 Å². The van der Waals surface area contributed by atoms with Crippen LogP contribution in [0.1, 0.15) is 36.8 Å². The molecule has 3 fully saturated rings. The Hall–Kier alpha value is -1.84. The number of benzene rings is 1. The molecule has 2 heterocycles. The van der Waals surface area contributed by atoms with Crippen LogP contribution < -0.4 is 10.1 Å². The molecule has 4 unspecified atom stereocenters. The number of piperidine rings is 1. The van der Waals surface area contributed by atoms with Crippen molar-refractivity contribution in [2.75, 3.05) is 32.8 Å². The molecule has 0 bridgehead atoms. The Morgan fingerprint density at radius 3 is 2.97 bits per heavy atom. The minimum absolute atomic E-state index is 0.317. The van der Waals surface area contributed by atoms with Crippen molar-refractivity contribution in [3.8, 4) is 5.75 Å². The summed E-state index contributed by atoms with van der Waals surface area (Å²) in [5, 5.41) is 3.65. The zero-order valence-electron chi connectivity index (χ0n) is 17.3.